The van der Waals surface area contributed by atoms with Crippen LogP contribution in [0.5, 0.6) is 0 Å². The quantitative estimate of drug-likeness (QED) is 0.590. The molecule has 0 aromatic heterocycles. The fourth-order valence-corrected chi connectivity index (χ4v) is 4.96. The van der Waals surface area contributed by atoms with Crippen LogP contribution in [0.4, 0.5) is 0 Å². The average molecular weight is 198 g/mol. The Kier molecular flexibility index (Phi) is 2.56. The van der Waals surface area contributed by atoms with Crippen molar-refractivity contribution in [1.29, 1.82) is 0 Å². The van der Waals surface area contributed by atoms with E-state index in [-0.39, 0.29) is 0 Å². The van der Waals surface area contributed by atoms with Gasteiger partial charge in [-0.2, -0.15) is 0 Å². The van der Waals surface area contributed by atoms with Crippen molar-refractivity contribution in [2.24, 2.45) is 5.92 Å². The highest BCUT2D eigenvalue weighted by molar-refractivity contribution is 8.77. The first-order valence-electron chi connectivity index (χ1n) is 4.46. The van der Waals surface area contributed by atoms with Crippen molar-refractivity contribution < 1.29 is 0 Å². The summed E-state index contributed by atoms with van der Waals surface area (Å²) in [5.41, 5.74) is 3.31. The first kappa shape index (κ1) is 8.76. The number of allylic oxidation sites excluding steroid dienone is 2. The van der Waals surface area contributed by atoms with Gasteiger partial charge >= 0.3 is 0 Å². The van der Waals surface area contributed by atoms with E-state index in [0.29, 0.717) is 0 Å². The van der Waals surface area contributed by atoms with Crippen molar-refractivity contribution in [2.75, 3.05) is 5.75 Å². The second-order valence-electron chi connectivity index (χ2n) is 3.69. The molecule has 0 N–H and O–H groups in total. The molecule has 0 fully saturated rings. The van der Waals surface area contributed by atoms with Crippen molar-refractivity contribution in [1.82, 2.24) is 0 Å². The maximum atomic E-state index is 2.34. The molecule has 0 nitrogen and oxygen atoms in total. The van der Waals surface area contributed by atoms with E-state index in [2.05, 4.69) is 36.8 Å². The van der Waals surface area contributed by atoms with Crippen LogP contribution in [0.25, 0.3) is 0 Å². The van der Waals surface area contributed by atoms with E-state index in [4.69, 9.17) is 0 Å². The normalized spacial score (nSPS) is 28.4. The van der Waals surface area contributed by atoms with Crippen molar-refractivity contribution >= 4 is 21.6 Å². The Hall–Kier alpha value is 0.180. The van der Waals surface area contributed by atoms with Crippen LogP contribution in [0.1, 0.15) is 20.3 Å². The van der Waals surface area contributed by atoms with Crippen LogP contribution in [0, 0.1) is 5.92 Å². The van der Waals surface area contributed by atoms with Crippen molar-refractivity contribution in [2.45, 2.75) is 25.5 Å². The Bertz CT molecular complexity index is 238. The molecule has 0 amide bonds. The predicted octanol–water partition coefficient (Wildman–Crippen LogP) is 3.66. The molecule has 2 aliphatic rings. The highest BCUT2D eigenvalue weighted by Crippen LogP contribution is 2.45. The molecule has 66 valence electrons. The first-order valence-corrected chi connectivity index (χ1v) is 6.84. The van der Waals surface area contributed by atoms with Crippen LogP contribution in [-0.2, 0) is 0 Å². The molecule has 2 rings (SSSR count). The molecule has 1 aliphatic heterocycles. The first-order chi connectivity index (χ1) is 5.79. The van der Waals surface area contributed by atoms with Crippen molar-refractivity contribution in [3.63, 3.8) is 0 Å². The Morgan fingerprint density at radius 1 is 1.50 bits per heavy atom. The summed E-state index contributed by atoms with van der Waals surface area (Å²) >= 11 is 0. The van der Waals surface area contributed by atoms with Gasteiger partial charge in [0, 0.05) is 11.0 Å². The summed E-state index contributed by atoms with van der Waals surface area (Å²) in [6.45, 7) is 4.64. The summed E-state index contributed by atoms with van der Waals surface area (Å²) in [6.07, 6.45) is 5.87. The molecule has 0 aromatic rings. The van der Waals surface area contributed by atoms with Crippen molar-refractivity contribution in [3.05, 3.63) is 23.3 Å². The lowest BCUT2D eigenvalue weighted by molar-refractivity contribution is 0.664. The Morgan fingerprint density at radius 2 is 2.33 bits per heavy atom. The second kappa shape index (κ2) is 3.51. The Morgan fingerprint density at radius 3 is 3.08 bits per heavy atom. The smallest absolute Gasteiger partial charge is 0.0423 e. The standard InChI is InChI=1S/C10H14S2/c1-7(2)10-9-5-3-4-8(9)6-11-12-10/h3,5,7,10H,4,6H2,1-2H3. The SMILES string of the molecule is CC(C)C1SSCC2=C1C=CC2. The summed E-state index contributed by atoms with van der Waals surface area (Å²) in [5, 5.41) is 0.748. The average Bonchev–Trinajstić information content (AvgIpc) is 2.49. The molecule has 0 radical (unpaired) electrons. The second-order valence-corrected chi connectivity index (χ2v) is 6.20. The van der Waals surface area contributed by atoms with Crippen LogP contribution < -0.4 is 0 Å². The predicted molar refractivity (Wildman–Crippen MR) is 59.5 cm³/mol. The molecular formula is C10H14S2. The molecule has 1 atom stereocenters. The molecule has 0 saturated heterocycles. The lowest BCUT2D eigenvalue weighted by Crippen LogP contribution is -2.16. The third-order valence-electron chi connectivity index (χ3n) is 2.39. The number of hydrogen-bond acceptors (Lipinski definition) is 2. The molecule has 0 spiro atoms. The fraction of sp³-hybridized carbons (Fsp3) is 0.600. The van der Waals surface area contributed by atoms with E-state index >= 15 is 0 Å². The van der Waals surface area contributed by atoms with E-state index in [0.717, 1.165) is 11.2 Å². The summed E-state index contributed by atoms with van der Waals surface area (Å²) in [4.78, 5) is 0. The largest absolute Gasteiger partial charge is 0.0890 e. The van der Waals surface area contributed by atoms with E-state index in [1.54, 1.807) is 11.1 Å². The maximum absolute atomic E-state index is 2.34. The minimum atomic E-state index is 0.748. The molecule has 0 saturated carbocycles. The third kappa shape index (κ3) is 1.47. The summed E-state index contributed by atoms with van der Waals surface area (Å²) < 4.78 is 0. The molecular weight excluding hydrogens is 184 g/mol. The van der Waals surface area contributed by atoms with Crippen molar-refractivity contribution in [3.8, 4) is 0 Å². The van der Waals surface area contributed by atoms with E-state index in [1.165, 1.54) is 12.2 Å². The molecule has 0 bridgehead atoms. The molecule has 2 heteroatoms. The van der Waals surface area contributed by atoms with Crippen LogP contribution in [0.15, 0.2) is 23.3 Å². The zero-order chi connectivity index (χ0) is 8.55. The minimum absolute atomic E-state index is 0.748. The van der Waals surface area contributed by atoms with Crippen LogP contribution >= 0.6 is 21.6 Å². The van der Waals surface area contributed by atoms with Gasteiger partial charge in [-0.3, -0.25) is 0 Å². The van der Waals surface area contributed by atoms with Gasteiger partial charge in [0.05, 0.1) is 0 Å². The maximum Gasteiger partial charge on any atom is 0.0423 e. The zero-order valence-corrected chi connectivity index (χ0v) is 9.17. The summed E-state index contributed by atoms with van der Waals surface area (Å²) in [6, 6.07) is 0. The van der Waals surface area contributed by atoms with Crippen LogP contribution in [0.3, 0.4) is 0 Å². The van der Waals surface area contributed by atoms with Gasteiger partial charge in [-0.05, 0) is 17.9 Å². The van der Waals surface area contributed by atoms with E-state index in [9.17, 15) is 0 Å². The summed E-state index contributed by atoms with van der Waals surface area (Å²) in [7, 11) is 4.08. The van der Waals surface area contributed by atoms with Gasteiger partial charge in [-0.15, -0.1) is 0 Å². The van der Waals surface area contributed by atoms with E-state index in [1.807, 2.05) is 10.8 Å². The van der Waals surface area contributed by atoms with Crippen LogP contribution in [0.2, 0.25) is 0 Å². The highest BCUT2D eigenvalue weighted by Gasteiger charge is 2.26. The summed E-state index contributed by atoms with van der Waals surface area (Å²) in [5.74, 6) is 2.02. The van der Waals surface area contributed by atoms with Gasteiger partial charge < -0.3 is 0 Å². The van der Waals surface area contributed by atoms with Gasteiger partial charge in [0.15, 0.2) is 0 Å². The lowest BCUT2D eigenvalue weighted by atomic mass is 10.0. The van der Waals surface area contributed by atoms with Gasteiger partial charge in [-0.25, -0.2) is 0 Å². The highest BCUT2D eigenvalue weighted by atomic mass is 33.1. The minimum Gasteiger partial charge on any atom is -0.0890 e. The lowest BCUT2D eigenvalue weighted by Gasteiger charge is -2.26. The van der Waals surface area contributed by atoms with Gasteiger partial charge in [0.1, 0.15) is 0 Å². The third-order valence-corrected chi connectivity index (χ3v) is 5.38. The Balaban J connectivity index is 2.24. The number of hydrogen-bond donors (Lipinski definition) is 0. The zero-order valence-electron chi connectivity index (χ0n) is 7.54. The molecule has 1 unspecified atom stereocenters. The molecule has 0 aromatic carbocycles. The monoisotopic (exact) mass is 198 g/mol. The van der Waals surface area contributed by atoms with Gasteiger partial charge in [0.2, 0.25) is 0 Å². The molecule has 12 heavy (non-hydrogen) atoms. The molecule has 1 aliphatic carbocycles. The molecule has 1 heterocycles. The Labute approximate surface area is 82.3 Å². The fourth-order valence-electron chi connectivity index (χ4n) is 1.70. The van der Waals surface area contributed by atoms with Gasteiger partial charge in [-0.1, -0.05) is 53.2 Å². The number of rotatable bonds is 1. The van der Waals surface area contributed by atoms with Gasteiger partial charge in [0.25, 0.3) is 0 Å². The van der Waals surface area contributed by atoms with Crippen LogP contribution in [-0.4, -0.2) is 11.0 Å². The topological polar surface area (TPSA) is 0 Å². The van der Waals surface area contributed by atoms with E-state index < -0.39 is 0 Å².